The van der Waals surface area contributed by atoms with E-state index in [1.807, 2.05) is 23.5 Å². The fraction of sp³-hybridized carbons (Fsp3) is 0.0204. The predicted molar refractivity (Wildman–Crippen MR) is 227 cm³/mol. The molecule has 7 aromatic carbocycles. The molecular weight excluding hydrogens is 663 g/mol. The molecule has 0 saturated carbocycles. The standard InChI is InChI=1S/C49H33N3S/c1-3-4-16-37-31(2)53-48-39(19-12-20-40(37)48)36-27-28-44-42(30-36)46-38-17-9-8-15-34(38)26-29-45(46)52(44)49-50-43-21-11-10-18-41(43)47(51-49)35-24-22-33(23-25-35)32-13-6-5-7-14-32/h3-30H,1H2,2H3/b16-4-. The minimum Gasteiger partial charge on any atom is -0.278 e. The van der Waals surface area contributed by atoms with Crippen molar-refractivity contribution in [2.24, 2.45) is 0 Å². The molecule has 0 radical (unpaired) electrons. The smallest absolute Gasteiger partial charge is 0.235 e. The largest absolute Gasteiger partial charge is 0.278 e. The summed E-state index contributed by atoms with van der Waals surface area (Å²) in [5.41, 5.74) is 11.1. The molecule has 4 heteroatoms. The quantitative estimate of drug-likeness (QED) is 0.162. The highest BCUT2D eigenvalue weighted by atomic mass is 32.1. The van der Waals surface area contributed by atoms with Gasteiger partial charge in [0, 0.05) is 36.7 Å². The summed E-state index contributed by atoms with van der Waals surface area (Å²) in [6.07, 6.45) is 6.03. The van der Waals surface area contributed by atoms with Crippen LogP contribution in [-0.4, -0.2) is 14.5 Å². The Kier molecular flexibility index (Phi) is 7.38. The number of fused-ring (bicyclic) bond motifs is 7. The molecule has 53 heavy (non-hydrogen) atoms. The molecule has 10 rings (SSSR count). The second kappa shape index (κ2) is 12.6. The first-order valence-electron chi connectivity index (χ1n) is 17.9. The van der Waals surface area contributed by atoms with E-state index in [1.54, 1.807) is 0 Å². The lowest BCUT2D eigenvalue weighted by Crippen LogP contribution is -2.03. The number of allylic oxidation sites excluding steroid dienone is 2. The summed E-state index contributed by atoms with van der Waals surface area (Å²) >= 11 is 1.85. The van der Waals surface area contributed by atoms with Crippen molar-refractivity contribution in [1.29, 1.82) is 0 Å². The van der Waals surface area contributed by atoms with E-state index < -0.39 is 0 Å². The number of hydrogen-bond acceptors (Lipinski definition) is 3. The van der Waals surface area contributed by atoms with E-state index in [4.69, 9.17) is 9.97 Å². The lowest BCUT2D eigenvalue weighted by molar-refractivity contribution is 1.01. The average molecular weight is 696 g/mol. The van der Waals surface area contributed by atoms with E-state index in [-0.39, 0.29) is 0 Å². The van der Waals surface area contributed by atoms with Gasteiger partial charge in [-0.05, 0) is 69.8 Å². The molecule has 0 amide bonds. The maximum absolute atomic E-state index is 5.39. The number of thiophene rings is 1. The van der Waals surface area contributed by atoms with Crippen LogP contribution >= 0.6 is 11.3 Å². The minimum atomic E-state index is 0.656. The van der Waals surface area contributed by atoms with Crippen molar-refractivity contribution in [2.45, 2.75) is 6.92 Å². The molecule has 250 valence electrons. The molecule has 0 atom stereocenters. The van der Waals surface area contributed by atoms with Crippen LogP contribution < -0.4 is 0 Å². The van der Waals surface area contributed by atoms with Crippen molar-refractivity contribution in [1.82, 2.24) is 14.5 Å². The van der Waals surface area contributed by atoms with Gasteiger partial charge in [0.1, 0.15) is 0 Å². The SMILES string of the molecule is C=C/C=C\c1c(C)sc2c(-c3ccc4c(c3)c3c5ccccc5ccc3n4-c3nc(-c4ccc(-c5ccccc5)cc4)c4ccccc4n3)cccc12. The highest BCUT2D eigenvalue weighted by Crippen LogP contribution is 2.43. The molecule has 0 aliphatic rings. The van der Waals surface area contributed by atoms with Gasteiger partial charge in [-0.1, -0.05) is 152 Å². The Labute approximate surface area is 311 Å². The summed E-state index contributed by atoms with van der Waals surface area (Å²) in [6, 6.07) is 54.2. The Morgan fingerprint density at radius 3 is 2.13 bits per heavy atom. The fourth-order valence-electron chi connectivity index (χ4n) is 7.86. The van der Waals surface area contributed by atoms with Crippen LogP contribution in [0.5, 0.6) is 0 Å². The highest BCUT2D eigenvalue weighted by molar-refractivity contribution is 7.20. The first kappa shape index (κ1) is 31.1. The van der Waals surface area contributed by atoms with Gasteiger partial charge in [0.05, 0.1) is 22.2 Å². The van der Waals surface area contributed by atoms with Crippen LogP contribution in [0.1, 0.15) is 10.4 Å². The molecular formula is C49H33N3S. The summed E-state index contributed by atoms with van der Waals surface area (Å²) < 4.78 is 3.55. The van der Waals surface area contributed by atoms with Crippen LogP contribution in [-0.2, 0) is 0 Å². The maximum Gasteiger partial charge on any atom is 0.235 e. The third kappa shape index (κ3) is 5.10. The predicted octanol–water partition coefficient (Wildman–Crippen LogP) is 13.6. The van der Waals surface area contributed by atoms with Crippen molar-refractivity contribution in [3.8, 4) is 39.5 Å². The fourth-order valence-corrected chi connectivity index (χ4v) is 9.04. The topological polar surface area (TPSA) is 30.7 Å². The number of nitrogens with zero attached hydrogens (tertiary/aromatic N) is 3. The second-order valence-electron chi connectivity index (χ2n) is 13.4. The van der Waals surface area contributed by atoms with Crippen molar-refractivity contribution in [2.75, 3.05) is 0 Å². The van der Waals surface area contributed by atoms with Crippen LogP contribution in [0, 0.1) is 6.92 Å². The van der Waals surface area contributed by atoms with Gasteiger partial charge >= 0.3 is 0 Å². The Balaban J connectivity index is 1.22. The Morgan fingerprint density at radius 2 is 1.28 bits per heavy atom. The Bertz CT molecular complexity index is 3070. The van der Waals surface area contributed by atoms with Gasteiger partial charge in [0.25, 0.3) is 0 Å². The highest BCUT2D eigenvalue weighted by Gasteiger charge is 2.20. The third-order valence-corrected chi connectivity index (χ3v) is 11.5. The van der Waals surface area contributed by atoms with E-state index >= 15 is 0 Å². The lowest BCUT2D eigenvalue weighted by atomic mass is 9.98. The average Bonchev–Trinajstić information content (AvgIpc) is 3.73. The second-order valence-corrected chi connectivity index (χ2v) is 14.7. The molecule has 3 heterocycles. The molecule has 0 unspecified atom stereocenters. The number of para-hydroxylation sites is 1. The summed E-state index contributed by atoms with van der Waals surface area (Å²) in [4.78, 5) is 11.9. The van der Waals surface area contributed by atoms with Crippen LogP contribution in [0.2, 0.25) is 0 Å². The molecule has 0 saturated heterocycles. The van der Waals surface area contributed by atoms with E-state index in [1.165, 1.54) is 64.3 Å². The molecule has 0 fully saturated rings. The van der Waals surface area contributed by atoms with Crippen LogP contribution in [0.4, 0.5) is 0 Å². The van der Waals surface area contributed by atoms with Crippen LogP contribution in [0.25, 0.3) is 99.1 Å². The zero-order valence-electron chi connectivity index (χ0n) is 29.1. The van der Waals surface area contributed by atoms with Gasteiger partial charge in [-0.25, -0.2) is 9.97 Å². The van der Waals surface area contributed by atoms with Crippen molar-refractivity contribution in [3.63, 3.8) is 0 Å². The minimum absolute atomic E-state index is 0.656. The van der Waals surface area contributed by atoms with Crippen LogP contribution in [0.3, 0.4) is 0 Å². The first-order chi connectivity index (χ1) is 26.2. The van der Waals surface area contributed by atoms with Crippen LogP contribution in [0.15, 0.2) is 170 Å². The van der Waals surface area contributed by atoms with Crippen molar-refractivity contribution >= 4 is 71.0 Å². The van der Waals surface area contributed by atoms with E-state index in [0.717, 1.165) is 33.2 Å². The first-order valence-corrected chi connectivity index (χ1v) is 18.7. The van der Waals surface area contributed by atoms with Crippen molar-refractivity contribution in [3.05, 3.63) is 181 Å². The molecule has 3 nitrogen and oxygen atoms in total. The summed E-state index contributed by atoms with van der Waals surface area (Å²) in [5.74, 6) is 0.656. The third-order valence-electron chi connectivity index (χ3n) is 10.4. The van der Waals surface area contributed by atoms with E-state index in [2.05, 4.69) is 176 Å². The summed E-state index contributed by atoms with van der Waals surface area (Å²) in [5, 5.41) is 7.10. The number of aromatic nitrogens is 3. The lowest BCUT2D eigenvalue weighted by Gasteiger charge is -2.12. The summed E-state index contributed by atoms with van der Waals surface area (Å²) in [7, 11) is 0. The normalized spacial score (nSPS) is 11.9. The molecule has 3 aromatic heterocycles. The molecule has 0 spiro atoms. The van der Waals surface area contributed by atoms with Gasteiger partial charge in [0.15, 0.2) is 0 Å². The molecule has 0 aliphatic carbocycles. The number of rotatable bonds is 6. The molecule has 0 aliphatic heterocycles. The molecule has 10 aromatic rings. The summed E-state index contributed by atoms with van der Waals surface area (Å²) in [6.45, 7) is 6.09. The zero-order valence-corrected chi connectivity index (χ0v) is 29.9. The zero-order chi connectivity index (χ0) is 35.5. The Morgan fingerprint density at radius 1 is 0.585 bits per heavy atom. The van der Waals surface area contributed by atoms with Gasteiger partial charge in [-0.2, -0.15) is 0 Å². The van der Waals surface area contributed by atoms with Gasteiger partial charge in [0.2, 0.25) is 5.95 Å². The maximum atomic E-state index is 5.39. The van der Waals surface area contributed by atoms with Gasteiger partial charge in [-0.15, -0.1) is 11.3 Å². The number of hydrogen-bond donors (Lipinski definition) is 0. The van der Waals surface area contributed by atoms with E-state index in [9.17, 15) is 0 Å². The van der Waals surface area contributed by atoms with Crippen molar-refractivity contribution < 1.29 is 0 Å². The Hall–Kier alpha value is -6.62. The monoisotopic (exact) mass is 695 g/mol. The van der Waals surface area contributed by atoms with Gasteiger partial charge < -0.3 is 0 Å². The molecule has 0 N–H and O–H groups in total. The number of aryl methyl sites for hydroxylation is 1. The molecule has 0 bridgehead atoms. The van der Waals surface area contributed by atoms with E-state index in [0.29, 0.717) is 5.95 Å². The van der Waals surface area contributed by atoms with Gasteiger partial charge in [-0.3, -0.25) is 4.57 Å². The number of benzene rings is 7.